The molecule has 1 fully saturated rings. The van der Waals surface area contributed by atoms with Crippen LogP contribution in [0.5, 0.6) is 0 Å². The smallest absolute Gasteiger partial charge is 0.169 e. The van der Waals surface area contributed by atoms with Gasteiger partial charge in [0.1, 0.15) is 11.4 Å². The average Bonchev–Trinajstić information content (AvgIpc) is 3.24. The Hall–Kier alpha value is -2.99. The number of benzene rings is 2. The molecule has 6 nitrogen and oxygen atoms in total. The van der Waals surface area contributed by atoms with E-state index < -0.39 is 11.0 Å². The van der Waals surface area contributed by atoms with Gasteiger partial charge in [0.25, 0.3) is 0 Å². The molecule has 0 aliphatic carbocycles. The molecule has 4 aromatic rings. The molecule has 2 aromatic carbocycles. The van der Waals surface area contributed by atoms with Gasteiger partial charge in [0, 0.05) is 23.0 Å². The lowest BCUT2D eigenvalue weighted by Gasteiger charge is -2.31. The molecule has 1 saturated heterocycles. The zero-order valence-electron chi connectivity index (χ0n) is 18.4. The fourth-order valence-corrected chi connectivity index (χ4v) is 5.31. The molecule has 0 atom stereocenters. The molecule has 0 unspecified atom stereocenters. The van der Waals surface area contributed by atoms with Crippen LogP contribution in [-0.4, -0.2) is 32.9 Å². The molecule has 1 N–H and O–H groups in total. The van der Waals surface area contributed by atoms with Gasteiger partial charge in [-0.3, -0.25) is 4.40 Å². The van der Waals surface area contributed by atoms with E-state index in [1.54, 1.807) is 13.8 Å². The van der Waals surface area contributed by atoms with Gasteiger partial charge in [0.2, 0.25) is 0 Å². The van der Waals surface area contributed by atoms with E-state index in [1.165, 1.54) is 23.9 Å². The van der Waals surface area contributed by atoms with Crippen LogP contribution in [0.4, 0.5) is 4.39 Å². The number of nitriles is 1. The Bertz CT molecular complexity index is 1400. The van der Waals surface area contributed by atoms with Crippen molar-refractivity contribution in [3.05, 3.63) is 65.7 Å². The number of nitrogens with zero attached hydrogens (tertiary/aromatic N) is 4. The number of aromatic nitrogens is 3. The average molecular weight is 463 g/mol. The highest BCUT2D eigenvalue weighted by Gasteiger charge is 2.35. The number of hydrogen-bond acceptors (Lipinski definition) is 6. The molecule has 0 saturated carbocycles. The van der Waals surface area contributed by atoms with Crippen molar-refractivity contribution in [2.75, 3.05) is 13.2 Å². The van der Waals surface area contributed by atoms with E-state index in [0.717, 1.165) is 20.7 Å². The predicted octanol–water partition coefficient (Wildman–Crippen LogP) is 4.97. The Morgan fingerprint density at radius 3 is 2.61 bits per heavy atom. The second kappa shape index (κ2) is 8.10. The van der Waals surface area contributed by atoms with Gasteiger partial charge in [-0.25, -0.2) is 4.39 Å². The molecule has 0 amide bonds. The Labute approximate surface area is 195 Å². The lowest BCUT2D eigenvalue weighted by Crippen LogP contribution is -2.32. The van der Waals surface area contributed by atoms with E-state index in [0.29, 0.717) is 43.1 Å². The number of halogens is 1. The van der Waals surface area contributed by atoms with Crippen LogP contribution in [0.2, 0.25) is 0 Å². The monoisotopic (exact) mass is 462 g/mol. The van der Waals surface area contributed by atoms with Crippen LogP contribution in [0.1, 0.15) is 38.1 Å². The van der Waals surface area contributed by atoms with Gasteiger partial charge in [-0.05, 0) is 86.2 Å². The summed E-state index contributed by atoms with van der Waals surface area (Å²) in [5.41, 5.74) is 0.391. The number of aliphatic hydroxyl groups is 1. The maximum Gasteiger partial charge on any atom is 0.169 e. The maximum atomic E-state index is 14.5. The third-order valence-corrected chi connectivity index (χ3v) is 7.07. The molecule has 1 aliphatic heterocycles. The number of hydrogen-bond donors (Lipinski definition) is 1. The summed E-state index contributed by atoms with van der Waals surface area (Å²) in [5, 5.41) is 29.7. The number of rotatable bonds is 4. The molecule has 3 heterocycles. The van der Waals surface area contributed by atoms with E-state index in [1.807, 2.05) is 40.8 Å². The third kappa shape index (κ3) is 3.97. The van der Waals surface area contributed by atoms with Gasteiger partial charge in [0.15, 0.2) is 11.5 Å². The molecule has 2 aromatic heterocycles. The maximum absolute atomic E-state index is 14.5. The van der Waals surface area contributed by atoms with Crippen LogP contribution < -0.4 is 0 Å². The van der Waals surface area contributed by atoms with E-state index in [2.05, 4.69) is 16.3 Å². The van der Waals surface area contributed by atoms with Crippen molar-refractivity contribution < 1.29 is 14.2 Å². The zero-order valence-corrected chi connectivity index (χ0v) is 19.2. The minimum atomic E-state index is -1.14. The third-order valence-electron chi connectivity index (χ3n) is 6.11. The highest BCUT2D eigenvalue weighted by atomic mass is 32.2. The quantitative estimate of drug-likeness (QED) is 0.461. The molecule has 8 heteroatoms. The van der Waals surface area contributed by atoms with Crippen molar-refractivity contribution in [2.24, 2.45) is 0 Å². The first-order chi connectivity index (χ1) is 15.8. The fraction of sp³-hybridized carbons (Fsp3) is 0.320. The topological polar surface area (TPSA) is 83.4 Å². The Morgan fingerprint density at radius 2 is 1.88 bits per heavy atom. The summed E-state index contributed by atoms with van der Waals surface area (Å²) in [6.45, 7) is 4.36. The summed E-state index contributed by atoms with van der Waals surface area (Å²) in [6, 6.07) is 17.1. The summed E-state index contributed by atoms with van der Waals surface area (Å²) >= 11 is 1.45. The van der Waals surface area contributed by atoms with Gasteiger partial charge in [0.05, 0.1) is 17.0 Å². The molecule has 0 spiro atoms. The lowest BCUT2D eigenvalue weighted by molar-refractivity contribution is 0.0673. The SMILES string of the molecule is CC(C)(O)c1nnc2ccc3cc(Sc4cc(F)cc(C5(C#N)CCOCC5)c4)ccc3n12. The minimum Gasteiger partial charge on any atom is -0.382 e. The fourth-order valence-electron chi connectivity index (χ4n) is 4.35. The number of pyridine rings is 1. The normalized spacial score (nSPS) is 16.2. The summed E-state index contributed by atoms with van der Waals surface area (Å²) in [4.78, 5) is 1.68. The molecule has 0 radical (unpaired) electrons. The molecular formula is C25H23FN4O2S. The van der Waals surface area contributed by atoms with Crippen molar-refractivity contribution in [3.8, 4) is 6.07 Å². The van der Waals surface area contributed by atoms with Crippen LogP contribution in [0, 0.1) is 17.1 Å². The van der Waals surface area contributed by atoms with Gasteiger partial charge in [-0.1, -0.05) is 11.8 Å². The molecule has 1 aliphatic rings. The molecule has 5 rings (SSSR count). The first-order valence-electron chi connectivity index (χ1n) is 10.8. The highest BCUT2D eigenvalue weighted by molar-refractivity contribution is 7.99. The van der Waals surface area contributed by atoms with E-state index >= 15 is 0 Å². The lowest BCUT2D eigenvalue weighted by atomic mass is 9.75. The van der Waals surface area contributed by atoms with E-state index in [-0.39, 0.29) is 5.82 Å². The van der Waals surface area contributed by atoms with Crippen LogP contribution in [-0.2, 0) is 15.8 Å². The van der Waals surface area contributed by atoms with E-state index in [4.69, 9.17) is 4.74 Å². The number of ether oxygens (including phenoxy) is 1. The van der Waals surface area contributed by atoms with Gasteiger partial charge in [-0.2, -0.15) is 5.26 Å². The second-order valence-corrected chi connectivity index (χ2v) is 10.1. The van der Waals surface area contributed by atoms with Crippen LogP contribution in [0.3, 0.4) is 0 Å². The van der Waals surface area contributed by atoms with Crippen molar-refractivity contribution >= 4 is 28.3 Å². The van der Waals surface area contributed by atoms with E-state index in [9.17, 15) is 14.8 Å². The summed E-state index contributed by atoms with van der Waals surface area (Å²) < 4.78 is 21.8. The van der Waals surface area contributed by atoms with Crippen LogP contribution in [0.15, 0.2) is 58.3 Å². The molecular weight excluding hydrogens is 439 g/mol. The zero-order chi connectivity index (χ0) is 23.2. The molecule has 0 bridgehead atoms. The van der Waals surface area contributed by atoms with Gasteiger partial charge < -0.3 is 9.84 Å². The minimum absolute atomic E-state index is 0.349. The standard InChI is InChI=1S/C25H23FN4O2S/c1-24(2,31)23-29-28-22-6-3-16-11-19(4-5-21(16)30(22)23)33-20-13-17(12-18(26)14-20)25(15-27)7-9-32-10-8-25/h3-6,11-14,31H,7-10H2,1-2H3. The Morgan fingerprint density at radius 1 is 1.09 bits per heavy atom. The van der Waals surface area contributed by atoms with Crippen molar-refractivity contribution in [2.45, 2.75) is 47.5 Å². The second-order valence-electron chi connectivity index (χ2n) is 8.91. The van der Waals surface area contributed by atoms with Crippen molar-refractivity contribution in [3.63, 3.8) is 0 Å². The Kier molecular flexibility index (Phi) is 5.36. The van der Waals surface area contributed by atoms with Crippen molar-refractivity contribution in [1.82, 2.24) is 14.6 Å². The van der Waals surface area contributed by atoms with Crippen molar-refractivity contribution in [1.29, 1.82) is 5.26 Å². The summed E-state index contributed by atoms with van der Waals surface area (Å²) in [5.74, 6) is 0.120. The van der Waals surface area contributed by atoms with Crippen LogP contribution >= 0.6 is 11.8 Å². The van der Waals surface area contributed by atoms with Gasteiger partial charge in [-0.15, -0.1) is 10.2 Å². The molecule has 33 heavy (non-hydrogen) atoms. The first-order valence-corrected chi connectivity index (χ1v) is 11.6. The molecule has 168 valence electrons. The predicted molar refractivity (Wildman–Crippen MR) is 124 cm³/mol. The highest BCUT2D eigenvalue weighted by Crippen LogP contribution is 2.38. The summed E-state index contributed by atoms with van der Waals surface area (Å²) in [7, 11) is 0. The van der Waals surface area contributed by atoms with Crippen LogP contribution in [0.25, 0.3) is 16.6 Å². The number of fused-ring (bicyclic) bond motifs is 3. The largest absolute Gasteiger partial charge is 0.382 e. The summed E-state index contributed by atoms with van der Waals surface area (Å²) in [6.07, 6.45) is 1.12. The first kappa shape index (κ1) is 21.8. The van der Waals surface area contributed by atoms with Gasteiger partial charge >= 0.3 is 0 Å². The Balaban J connectivity index is 1.53.